The minimum atomic E-state index is -0.368. The SMILES string of the molecule is COCC(NC(=O)OCc1ccccc1)C1CC1. The number of nitrogens with one attached hydrogen (secondary N) is 1. The molecule has 0 spiro atoms. The largest absolute Gasteiger partial charge is 0.445 e. The molecule has 2 rings (SSSR count). The summed E-state index contributed by atoms with van der Waals surface area (Å²) in [5, 5.41) is 2.86. The Hall–Kier alpha value is -1.55. The molecule has 1 aliphatic carbocycles. The summed E-state index contributed by atoms with van der Waals surface area (Å²) in [5.74, 6) is 0.550. The number of benzene rings is 1. The second-order valence-electron chi connectivity index (χ2n) is 4.61. The standard InChI is InChI=1S/C14H19NO3/c1-17-10-13(12-7-8-12)15-14(16)18-9-11-5-3-2-4-6-11/h2-6,12-13H,7-10H2,1H3,(H,15,16). The summed E-state index contributed by atoms with van der Waals surface area (Å²) in [6, 6.07) is 9.73. The van der Waals surface area contributed by atoms with Gasteiger partial charge in [-0.05, 0) is 24.3 Å². The van der Waals surface area contributed by atoms with Crippen molar-refractivity contribution < 1.29 is 14.3 Å². The van der Waals surface area contributed by atoms with E-state index in [9.17, 15) is 4.79 Å². The number of ether oxygens (including phenoxy) is 2. The lowest BCUT2D eigenvalue weighted by Gasteiger charge is -2.17. The second kappa shape index (κ2) is 6.40. The molecule has 0 saturated heterocycles. The van der Waals surface area contributed by atoms with Crippen LogP contribution in [0.4, 0.5) is 4.79 Å². The Morgan fingerprint density at radius 3 is 2.72 bits per heavy atom. The molecule has 1 N–H and O–H groups in total. The van der Waals surface area contributed by atoms with Crippen LogP contribution in [-0.2, 0) is 16.1 Å². The van der Waals surface area contributed by atoms with Crippen LogP contribution in [0.1, 0.15) is 18.4 Å². The highest BCUT2D eigenvalue weighted by Crippen LogP contribution is 2.32. The average molecular weight is 249 g/mol. The molecular weight excluding hydrogens is 230 g/mol. The number of methoxy groups -OCH3 is 1. The number of rotatable bonds is 6. The molecule has 1 aromatic carbocycles. The van der Waals surface area contributed by atoms with Gasteiger partial charge in [0.2, 0.25) is 0 Å². The predicted molar refractivity (Wildman–Crippen MR) is 68.2 cm³/mol. The van der Waals surface area contributed by atoms with Crippen molar-refractivity contribution in [2.75, 3.05) is 13.7 Å². The van der Waals surface area contributed by atoms with E-state index < -0.39 is 0 Å². The molecule has 0 bridgehead atoms. The van der Waals surface area contributed by atoms with Crippen molar-refractivity contribution in [1.82, 2.24) is 5.32 Å². The molecular formula is C14H19NO3. The van der Waals surface area contributed by atoms with Gasteiger partial charge in [-0.25, -0.2) is 4.79 Å². The molecule has 4 heteroatoms. The zero-order chi connectivity index (χ0) is 12.8. The summed E-state index contributed by atoms with van der Waals surface area (Å²) < 4.78 is 10.3. The molecule has 0 radical (unpaired) electrons. The van der Waals surface area contributed by atoms with E-state index in [2.05, 4.69) is 5.32 Å². The Labute approximate surface area is 107 Å². The number of hydrogen-bond acceptors (Lipinski definition) is 3. The smallest absolute Gasteiger partial charge is 0.407 e. The predicted octanol–water partition coefficient (Wildman–Crippen LogP) is 2.34. The maximum atomic E-state index is 11.6. The topological polar surface area (TPSA) is 47.6 Å². The summed E-state index contributed by atoms with van der Waals surface area (Å²) in [7, 11) is 1.65. The number of alkyl carbamates (subject to hydrolysis) is 1. The highest BCUT2D eigenvalue weighted by molar-refractivity contribution is 5.67. The average Bonchev–Trinajstić information content (AvgIpc) is 3.21. The third kappa shape index (κ3) is 4.04. The van der Waals surface area contributed by atoms with E-state index in [1.807, 2.05) is 30.3 Å². The summed E-state index contributed by atoms with van der Waals surface area (Å²) in [5.41, 5.74) is 0.988. The van der Waals surface area contributed by atoms with Crippen LogP contribution < -0.4 is 5.32 Å². The van der Waals surface area contributed by atoms with E-state index in [4.69, 9.17) is 9.47 Å². The first-order valence-electron chi connectivity index (χ1n) is 6.25. The van der Waals surface area contributed by atoms with E-state index in [0.717, 1.165) is 18.4 Å². The van der Waals surface area contributed by atoms with Crippen molar-refractivity contribution in [1.29, 1.82) is 0 Å². The van der Waals surface area contributed by atoms with E-state index in [1.165, 1.54) is 0 Å². The van der Waals surface area contributed by atoms with Crippen LogP contribution in [-0.4, -0.2) is 25.9 Å². The second-order valence-corrected chi connectivity index (χ2v) is 4.61. The minimum Gasteiger partial charge on any atom is -0.445 e. The van der Waals surface area contributed by atoms with E-state index in [-0.39, 0.29) is 12.1 Å². The molecule has 1 aliphatic rings. The zero-order valence-electron chi connectivity index (χ0n) is 10.6. The van der Waals surface area contributed by atoms with Crippen LogP contribution in [0.15, 0.2) is 30.3 Å². The lowest BCUT2D eigenvalue weighted by molar-refractivity contribution is 0.116. The maximum Gasteiger partial charge on any atom is 0.407 e. The maximum absolute atomic E-state index is 11.6. The van der Waals surface area contributed by atoms with Crippen LogP contribution in [0, 0.1) is 5.92 Å². The van der Waals surface area contributed by atoms with Gasteiger partial charge < -0.3 is 14.8 Å². The Kier molecular flexibility index (Phi) is 4.59. The van der Waals surface area contributed by atoms with Crippen molar-refractivity contribution in [3.63, 3.8) is 0 Å². The van der Waals surface area contributed by atoms with Gasteiger partial charge in [-0.15, -0.1) is 0 Å². The van der Waals surface area contributed by atoms with Gasteiger partial charge in [0.1, 0.15) is 6.61 Å². The fourth-order valence-electron chi connectivity index (χ4n) is 1.89. The molecule has 1 unspecified atom stereocenters. The van der Waals surface area contributed by atoms with Crippen molar-refractivity contribution in [3.05, 3.63) is 35.9 Å². The van der Waals surface area contributed by atoms with E-state index in [1.54, 1.807) is 7.11 Å². The number of carbonyl (C=O) groups excluding carboxylic acids is 1. The highest BCUT2D eigenvalue weighted by Gasteiger charge is 2.32. The van der Waals surface area contributed by atoms with Crippen molar-refractivity contribution in [2.45, 2.75) is 25.5 Å². The van der Waals surface area contributed by atoms with Gasteiger partial charge >= 0.3 is 6.09 Å². The van der Waals surface area contributed by atoms with Gasteiger partial charge in [-0.3, -0.25) is 0 Å². The Morgan fingerprint density at radius 2 is 2.11 bits per heavy atom. The number of hydrogen-bond donors (Lipinski definition) is 1. The van der Waals surface area contributed by atoms with Gasteiger partial charge in [0.05, 0.1) is 12.6 Å². The van der Waals surface area contributed by atoms with Gasteiger partial charge in [0.25, 0.3) is 0 Å². The normalized spacial score (nSPS) is 16.1. The summed E-state index contributed by atoms with van der Waals surface area (Å²) in [6.07, 6.45) is 1.95. The third-order valence-corrected chi connectivity index (χ3v) is 3.05. The molecule has 0 aromatic heterocycles. The van der Waals surface area contributed by atoms with Gasteiger partial charge in [0, 0.05) is 7.11 Å². The Morgan fingerprint density at radius 1 is 1.39 bits per heavy atom. The summed E-state index contributed by atoms with van der Waals surface area (Å²) >= 11 is 0. The van der Waals surface area contributed by atoms with Crippen molar-refractivity contribution >= 4 is 6.09 Å². The van der Waals surface area contributed by atoms with Gasteiger partial charge in [0.15, 0.2) is 0 Å². The number of amides is 1. The molecule has 1 atom stereocenters. The van der Waals surface area contributed by atoms with Crippen LogP contribution >= 0.6 is 0 Å². The Bertz CT molecular complexity index is 376. The fourth-order valence-corrected chi connectivity index (χ4v) is 1.89. The van der Waals surface area contributed by atoms with E-state index in [0.29, 0.717) is 19.1 Å². The van der Waals surface area contributed by atoms with Crippen LogP contribution in [0.2, 0.25) is 0 Å². The molecule has 1 aromatic rings. The summed E-state index contributed by atoms with van der Waals surface area (Å²) in [4.78, 5) is 11.6. The minimum absolute atomic E-state index is 0.0817. The summed E-state index contributed by atoms with van der Waals surface area (Å²) in [6.45, 7) is 0.849. The monoisotopic (exact) mass is 249 g/mol. The third-order valence-electron chi connectivity index (χ3n) is 3.05. The Balaban J connectivity index is 1.74. The van der Waals surface area contributed by atoms with Crippen LogP contribution in [0.3, 0.4) is 0 Å². The highest BCUT2D eigenvalue weighted by atomic mass is 16.5. The van der Waals surface area contributed by atoms with Crippen LogP contribution in [0.25, 0.3) is 0 Å². The molecule has 18 heavy (non-hydrogen) atoms. The molecule has 1 amide bonds. The fraction of sp³-hybridized carbons (Fsp3) is 0.500. The molecule has 4 nitrogen and oxygen atoms in total. The van der Waals surface area contributed by atoms with Crippen molar-refractivity contribution in [2.24, 2.45) is 5.92 Å². The molecule has 1 fully saturated rings. The van der Waals surface area contributed by atoms with Crippen LogP contribution in [0.5, 0.6) is 0 Å². The van der Waals surface area contributed by atoms with Gasteiger partial charge in [-0.2, -0.15) is 0 Å². The lowest BCUT2D eigenvalue weighted by atomic mass is 10.2. The van der Waals surface area contributed by atoms with Gasteiger partial charge in [-0.1, -0.05) is 30.3 Å². The molecule has 0 heterocycles. The first-order valence-corrected chi connectivity index (χ1v) is 6.25. The van der Waals surface area contributed by atoms with E-state index >= 15 is 0 Å². The first kappa shape index (κ1) is 12.9. The lowest BCUT2D eigenvalue weighted by Crippen LogP contribution is -2.39. The molecule has 0 aliphatic heterocycles. The number of carbonyl (C=O) groups is 1. The van der Waals surface area contributed by atoms with Crippen molar-refractivity contribution in [3.8, 4) is 0 Å². The first-order chi connectivity index (χ1) is 8.79. The molecule has 98 valence electrons. The molecule has 1 saturated carbocycles. The zero-order valence-corrected chi connectivity index (χ0v) is 10.6. The quantitative estimate of drug-likeness (QED) is 0.841.